The zero-order chi connectivity index (χ0) is 61.2. The Bertz CT molecular complexity index is 2760. The van der Waals surface area contributed by atoms with E-state index in [4.69, 9.17) is 0 Å². The van der Waals surface area contributed by atoms with Gasteiger partial charge in [-0.15, -0.1) is 0 Å². The fourth-order valence-electron chi connectivity index (χ4n) is 12.0. The number of amides is 8. The first-order valence-electron chi connectivity index (χ1n) is 29.8. The Morgan fingerprint density at radius 1 is 0.536 bits per heavy atom. The quantitative estimate of drug-likeness (QED) is 0.0705. The number of likely N-dealkylation sites (N-methyl/N-ethyl adjacent to an activating group) is 2. The van der Waals surface area contributed by atoms with E-state index in [1.165, 1.54) is 34.1 Å². The van der Waals surface area contributed by atoms with Gasteiger partial charge in [-0.25, -0.2) is 0 Å². The minimum Gasteiger partial charge on any atom is -0.347 e. The average molecular weight is 1160 g/mol. The van der Waals surface area contributed by atoms with Crippen LogP contribution in [0.15, 0.2) is 72.8 Å². The molecule has 20 nitrogen and oxygen atoms in total. The number of carbonyl (C=O) groups is 10. The molecule has 0 aromatic heterocycles. The van der Waals surface area contributed by atoms with Crippen LogP contribution in [0.4, 0.5) is 0 Å². The molecule has 10 atom stereocenters. The number of benzene rings is 3. The number of hydrogen-bond acceptors (Lipinski definition) is 12. The second-order valence-electron chi connectivity index (χ2n) is 25.6. The third-order valence-electron chi connectivity index (χ3n) is 17.1. The van der Waals surface area contributed by atoms with Crippen molar-refractivity contribution in [2.45, 2.75) is 168 Å². The van der Waals surface area contributed by atoms with Crippen LogP contribution in [0.25, 0.3) is 0 Å². The van der Waals surface area contributed by atoms with Gasteiger partial charge in [0.2, 0.25) is 35.4 Å². The molecule has 4 aliphatic rings. The fourth-order valence-corrected chi connectivity index (χ4v) is 12.0. The maximum absolute atomic E-state index is 14.6. The minimum absolute atomic E-state index is 0.0512. The summed E-state index contributed by atoms with van der Waals surface area (Å²) in [6, 6.07) is 16.3. The Labute approximate surface area is 494 Å². The first-order chi connectivity index (χ1) is 39.8. The molecule has 8 N–H and O–H groups in total. The number of nitrogens with zero attached hydrogens (tertiary/aromatic N) is 2. The van der Waals surface area contributed by atoms with Gasteiger partial charge >= 0.3 is 0 Å². The Hall–Kier alpha value is -7.32. The van der Waals surface area contributed by atoms with E-state index in [0.29, 0.717) is 0 Å². The highest BCUT2D eigenvalue weighted by Gasteiger charge is 2.48. The van der Waals surface area contributed by atoms with Gasteiger partial charge in [0.1, 0.15) is 24.2 Å². The van der Waals surface area contributed by atoms with Crippen molar-refractivity contribution in [3.05, 3.63) is 106 Å². The molecule has 0 spiro atoms. The number of Topliss-reactive ketones (excluding diaryl/α,β-unsaturated/α-hetero) is 2. The van der Waals surface area contributed by atoms with Gasteiger partial charge in [0.15, 0.2) is 11.6 Å². The van der Waals surface area contributed by atoms with E-state index in [1.54, 1.807) is 27.9 Å². The van der Waals surface area contributed by atoms with Crippen LogP contribution in [0.2, 0.25) is 0 Å². The highest BCUT2D eigenvalue weighted by molar-refractivity contribution is 6.02. The Kier molecular flexibility index (Phi) is 21.4. The highest BCUT2D eigenvalue weighted by atomic mass is 16.2. The highest BCUT2D eigenvalue weighted by Crippen LogP contribution is 2.36. The molecule has 7 rings (SSSR count). The summed E-state index contributed by atoms with van der Waals surface area (Å²) in [6.07, 6.45) is 5.29. The Morgan fingerprint density at radius 3 is 1.29 bits per heavy atom. The number of rotatable bonds is 22. The summed E-state index contributed by atoms with van der Waals surface area (Å²) in [4.78, 5) is 142. The molecule has 8 amide bonds. The predicted molar refractivity (Wildman–Crippen MR) is 318 cm³/mol. The normalized spacial score (nSPS) is 21.7. The van der Waals surface area contributed by atoms with Gasteiger partial charge < -0.3 is 52.3 Å². The topological polar surface area (TPSA) is 273 Å². The van der Waals surface area contributed by atoms with Crippen LogP contribution in [0.5, 0.6) is 0 Å². The third kappa shape index (κ3) is 16.1. The number of aryl methyl sites for hydroxylation is 2. The molecule has 84 heavy (non-hydrogen) atoms. The van der Waals surface area contributed by atoms with Crippen LogP contribution in [0.3, 0.4) is 0 Å². The summed E-state index contributed by atoms with van der Waals surface area (Å²) >= 11 is 0. The van der Waals surface area contributed by atoms with Crippen molar-refractivity contribution in [3.63, 3.8) is 0 Å². The Morgan fingerprint density at radius 2 is 0.917 bits per heavy atom. The molecule has 2 fully saturated rings. The van der Waals surface area contributed by atoms with Crippen LogP contribution >= 0.6 is 0 Å². The van der Waals surface area contributed by atoms with Gasteiger partial charge in [-0.1, -0.05) is 96.1 Å². The van der Waals surface area contributed by atoms with Crippen LogP contribution in [-0.2, 0) is 51.2 Å². The van der Waals surface area contributed by atoms with Gasteiger partial charge in [-0.3, -0.25) is 47.9 Å². The van der Waals surface area contributed by atoms with Gasteiger partial charge in [-0.05, 0) is 142 Å². The van der Waals surface area contributed by atoms with Crippen molar-refractivity contribution in [1.82, 2.24) is 52.3 Å². The number of ketones is 2. The monoisotopic (exact) mass is 1160 g/mol. The molecule has 3 aromatic rings. The standard InChI is InChI=1S/C64H88N10O10/c1-37(65-9)55(77)71-53(63(3,4)5)61(83)73-35-39(30-51(73)59(81)69-49-26-16-20-41-18-11-13-24-47(41)49)28-45(75)33-67-57(79)43-22-15-23-44(32-43)58(80)68-34-46(76)29-40-31-52(60(82)70-50-27-17-21-42-19-12-14-25-48(42)50)74(36-40)62(84)54(64(6,7)8)72-56(78)38(2)66-10/h11-15,18-19,22-25,32,37-40,49-54,65-66H,16-17,20-21,26-31,33-36H2,1-10H3,(H,67,79)(H,68,80)(H,69,81)(H,70,82)(H,71,77)(H,72,78)/t37-,38-,39-,40-,49+,50+,51-,52-,53+,54?/m0/s1. The molecule has 20 heteroatoms. The molecule has 0 radical (unpaired) electrons. The van der Waals surface area contributed by atoms with Crippen molar-refractivity contribution in [2.75, 3.05) is 40.3 Å². The SMILES string of the molecule is CN[C@@H](C)C(=O)NC(C(=O)N1C[C@@H](CC(=O)CNC(=O)c2cccc(C(=O)NCC(=O)C[C@H]3C[C@@H](C(=O)N[C@@H]4CCCc5ccccc54)N(C(=O)[C@@H](NC(=O)[C@H](C)NC)C(C)(C)C)C3)c2)C[C@H]1C(=O)N[C@@H]1CCCc2ccccc21)C(C)(C)C. The van der Waals surface area contributed by atoms with Crippen molar-refractivity contribution in [1.29, 1.82) is 0 Å². The molecule has 2 heterocycles. The van der Waals surface area contributed by atoms with Crippen molar-refractivity contribution < 1.29 is 47.9 Å². The molecule has 1 unspecified atom stereocenters. The van der Waals surface area contributed by atoms with E-state index >= 15 is 0 Å². The number of likely N-dealkylation sites (tertiary alicyclic amines) is 2. The second-order valence-corrected chi connectivity index (χ2v) is 25.6. The van der Waals surface area contributed by atoms with E-state index in [-0.39, 0.29) is 110 Å². The van der Waals surface area contributed by atoms with Crippen molar-refractivity contribution in [3.8, 4) is 0 Å². The molecular weight excluding hydrogens is 1070 g/mol. The first kappa shape index (κ1) is 64.2. The van der Waals surface area contributed by atoms with E-state index in [1.807, 2.05) is 77.9 Å². The third-order valence-corrected chi connectivity index (χ3v) is 17.1. The summed E-state index contributed by atoms with van der Waals surface area (Å²) in [6.45, 7) is 13.8. The van der Waals surface area contributed by atoms with Gasteiger partial charge in [-0.2, -0.15) is 0 Å². The van der Waals surface area contributed by atoms with Gasteiger partial charge in [0.05, 0.1) is 37.3 Å². The van der Waals surface area contributed by atoms with Crippen molar-refractivity contribution >= 4 is 58.8 Å². The fraction of sp³-hybridized carbons (Fsp3) is 0.562. The molecule has 2 saturated heterocycles. The molecule has 2 aliphatic carbocycles. The van der Waals surface area contributed by atoms with Gasteiger partial charge in [0.25, 0.3) is 11.8 Å². The lowest BCUT2D eigenvalue weighted by Crippen LogP contribution is -2.59. The molecule has 2 aliphatic heterocycles. The number of fused-ring (bicyclic) bond motifs is 2. The largest absolute Gasteiger partial charge is 0.347 e. The maximum Gasteiger partial charge on any atom is 0.251 e. The molecule has 0 bridgehead atoms. The average Bonchev–Trinajstić information content (AvgIpc) is 3.22. The van der Waals surface area contributed by atoms with E-state index < -0.39 is 82.5 Å². The maximum atomic E-state index is 14.6. The predicted octanol–water partition coefficient (Wildman–Crippen LogP) is 4.16. The van der Waals surface area contributed by atoms with E-state index in [9.17, 15) is 47.9 Å². The summed E-state index contributed by atoms with van der Waals surface area (Å²) in [5.41, 5.74) is 3.08. The summed E-state index contributed by atoms with van der Waals surface area (Å²) < 4.78 is 0. The van der Waals surface area contributed by atoms with Gasteiger partial charge in [0, 0.05) is 37.1 Å². The smallest absolute Gasteiger partial charge is 0.251 e. The number of carbonyl (C=O) groups excluding carboxylic acids is 10. The number of hydrogen-bond donors (Lipinski definition) is 8. The first-order valence-corrected chi connectivity index (χ1v) is 29.8. The van der Waals surface area contributed by atoms with Crippen LogP contribution in [-0.4, -0.2) is 145 Å². The summed E-state index contributed by atoms with van der Waals surface area (Å²) in [5.74, 6) is -5.11. The van der Waals surface area contributed by atoms with Crippen molar-refractivity contribution in [2.24, 2.45) is 22.7 Å². The molecule has 454 valence electrons. The van der Waals surface area contributed by atoms with Crippen LogP contribution in [0, 0.1) is 22.7 Å². The molecule has 3 aromatic carbocycles. The molecule has 0 saturated carbocycles. The summed E-state index contributed by atoms with van der Waals surface area (Å²) in [7, 11) is 3.29. The zero-order valence-corrected chi connectivity index (χ0v) is 50.6. The lowest BCUT2D eigenvalue weighted by molar-refractivity contribution is -0.144. The van der Waals surface area contributed by atoms with Crippen LogP contribution < -0.4 is 42.5 Å². The second kappa shape index (κ2) is 28.0. The van der Waals surface area contributed by atoms with E-state index in [2.05, 4.69) is 54.7 Å². The van der Waals surface area contributed by atoms with Crippen LogP contribution in [0.1, 0.15) is 162 Å². The molecular formula is C64H88N10O10. The number of nitrogens with one attached hydrogen (secondary N) is 8. The summed E-state index contributed by atoms with van der Waals surface area (Å²) in [5, 5.41) is 23.3. The zero-order valence-electron chi connectivity index (χ0n) is 50.6. The lowest BCUT2D eigenvalue weighted by Gasteiger charge is -2.36. The Balaban J connectivity index is 0.959. The minimum atomic E-state index is -0.983. The lowest BCUT2D eigenvalue weighted by atomic mass is 9.85. The van der Waals surface area contributed by atoms with E-state index in [0.717, 1.165) is 60.8 Å².